The number of aromatic nitrogens is 3. The zero-order valence-corrected chi connectivity index (χ0v) is 13.4. The van der Waals surface area contributed by atoms with E-state index in [4.69, 9.17) is 5.26 Å². The first-order chi connectivity index (χ1) is 11.1. The Bertz CT molecular complexity index is 748. The van der Waals surface area contributed by atoms with Crippen LogP contribution in [0.25, 0.3) is 11.0 Å². The molecule has 120 valence electrons. The second kappa shape index (κ2) is 6.24. The minimum atomic E-state index is -0.268. The van der Waals surface area contributed by atoms with E-state index in [1.54, 1.807) is 4.90 Å². The van der Waals surface area contributed by atoms with Gasteiger partial charge in [0.05, 0.1) is 17.9 Å². The average Bonchev–Trinajstić information content (AvgIpc) is 3.02. The number of rotatable bonds is 4. The van der Waals surface area contributed by atoms with Gasteiger partial charge in [0.1, 0.15) is 23.8 Å². The molecule has 1 saturated heterocycles. The van der Waals surface area contributed by atoms with Gasteiger partial charge in [-0.25, -0.2) is 9.97 Å². The van der Waals surface area contributed by atoms with E-state index >= 15 is 0 Å². The van der Waals surface area contributed by atoms with Gasteiger partial charge in [-0.05, 0) is 18.4 Å². The van der Waals surface area contributed by atoms with Gasteiger partial charge in [0.2, 0.25) is 5.91 Å². The van der Waals surface area contributed by atoms with Crippen LogP contribution in [-0.2, 0) is 4.79 Å². The minimum Gasteiger partial charge on any atom is -0.347 e. The Balaban J connectivity index is 1.90. The fraction of sp³-hybridized carbons (Fsp3) is 0.500. The monoisotopic (exact) mass is 312 g/mol. The molecule has 1 fully saturated rings. The van der Waals surface area contributed by atoms with Gasteiger partial charge in [-0.3, -0.25) is 4.79 Å². The second-order valence-electron chi connectivity index (χ2n) is 5.99. The number of nitrogens with zero attached hydrogens (tertiary/aromatic N) is 5. The van der Waals surface area contributed by atoms with E-state index in [0.717, 1.165) is 29.8 Å². The van der Waals surface area contributed by atoms with Gasteiger partial charge in [-0.15, -0.1) is 0 Å². The van der Waals surface area contributed by atoms with Gasteiger partial charge in [0.25, 0.3) is 0 Å². The van der Waals surface area contributed by atoms with Crippen molar-refractivity contribution in [2.45, 2.75) is 25.8 Å². The van der Waals surface area contributed by atoms with Crippen molar-refractivity contribution < 1.29 is 4.79 Å². The van der Waals surface area contributed by atoms with Crippen molar-refractivity contribution in [1.82, 2.24) is 19.9 Å². The summed E-state index contributed by atoms with van der Waals surface area (Å²) in [4.78, 5) is 28.2. The number of piperidine rings is 1. The molecule has 3 heterocycles. The van der Waals surface area contributed by atoms with E-state index in [2.05, 4.69) is 27.9 Å². The van der Waals surface area contributed by atoms with E-state index < -0.39 is 0 Å². The van der Waals surface area contributed by atoms with Gasteiger partial charge < -0.3 is 14.8 Å². The molecule has 7 nitrogen and oxygen atoms in total. The molecule has 0 unspecified atom stereocenters. The number of aromatic amines is 1. The summed E-state index contributed by atoms with van der Waals surface area (Å²) in [5.74, 6) is 1.06. The summed E-state index contributed by atoms with van der Waals surface area (Å²) in [6.07, 6.45) is 4.62. The third kappa shape index (κ3) is 2.72. The maximum atomic E-state index is 12.9. The first kappa shape index (κ1) is 15.3. The zero-order chi connectivity index (χ0) is 16.4. The summed E-state index contributed by atoms with van der Waals surface area (Å²) < 4.78 is 0. The molecule has 23 heavy (non-hydrogen) atoms. The van der Waals surface area contributed by atoms with Crippen LogP contribution in [0.5, 0.6) is 0 Å². The lowest BCUT2D eigenvalue weighted by atomic mass is 9.91. The number of hydrogen-bond acceptors (Lipinski definition) is 5. The van der Waals surface area contributed by atoms with Crippen LogP contribution in [-0.4, -0.2) is 51.9 Å². The van der Waals surface area contributed by atoms with Crippen molar-refractivity contribution in [3.63, 3.8) is 0 Å². The molecule has 0 bridgehead atoms. The Kier molecular flexibility index (Phi) is 4.15. The molecule has 1 N–H and O–H groups in total. The highest BCUT2D eigenvalue weighted by molar-refractivity contribution is 5.92. The molecule has 1 aliphatic heterocycles. The fourth-order valence-corrected chi connectivity index (χ4v) is 3.28. The number of H-pyrrole nitrogens is 1. The van der Waals surface area contributed by atoms with Crippen LogP contribution in [0.15, 0.2) is 18.6 Å². The summed E-state index contributed by atoms with van der Waals surface area (Å²) in [6, 6.07) is 3.77. The molecule has 1 aliphatic rings. The molecule has 7 heteroatoms. The van der Waals surface area contributed by atoms with Gasteiger partial charge in [-0.2, -0.15) is 5.26 Å². The molecular weight excluding hydrogens is 292 g/mol. The van der Waals surface area contributed by atoms with E-state index in [1.807, 2.05) is 24.2 Å². The lowest BCUT2D eigenvalue weighted by Crippen LogP contribution is -2.55. The zero-order valence-electron chi connectivity index (χ0n) is 13.4. The van der Waals surface area contributed by atoms with Crippen molar-refractivity contribution in [3.8, 4) is 6.07 Å². The van der Waals surface area contributed by atoms with Crippen molar-refractivity contribution in [3.05, 3.63) is 18.6 Å². The molecule has 0 saturated carbocycles. The van der Waals surface area contributed by atoms with Gasteiger partial charge in [-0.1, -0.05) is 6.92 Å². The van der Waals surface area contributed by atoms with E-state index in [-0.39, 0.29) is 17.9 Å². The Morgan fingerprint density at radius 2 is 2.35 bits per heavy atom. The van der Waals surface area contributed by atoms with Crippen LogP contribution >= 0.6 is 0 Å². The van der Waals surface area contributed by atoms with Gasteiger partial charge >= 0.3 is 0 Å². The highest BCUT2D eigenvalue weighted by Gasteiger charge is 2.37. The highest BCUT2D eigenvalue weighted by Crippen LogP contribution is 2.29. The number of likely N-dealkylation sites (N-methyl/N-ethyl adjacent to an activating group) is 1. The molecule has 2 aromatic heterocycles. The fourth-order valence-electron chi connectivity index (χ4n) is 3.28. The summed E-state index contributed by atoms with van der Waals surface area (Å²) in [6.45, 7) is 3.31. The Morgan fingerprint density at radius 1 is 1.52 bits per heavy atom. The lowest BCUT2D eigenvalue weighted by Gasteiger charge is -2.41. The summed E-state index contributed by atoms with van der Waals surface area (Å²) >= 11 is 0. The van der Waals surface area contributed by atoms with Crippen LogP contribution in [0.4, 0.5) is 5.82 Å². The molecular formula is C16H20N6O. The van der Waals surface area contributed by atoms with Crippen molar-refractivity contribution >= 4 is 22.8 Å². The summed E-state index contributed by atoms with van der Waals surface area (Å²) in [7, 11) is 1.90. The van der Waals surface area contributed by atoms with Crippen molar-refractivity contribution in [2.75, 3.05) is 25.0 Å². The first-order valence-electron chi connectivity index (χ1n) is 7.80. The number of carbonyl (C=O) groups excluding carboxylic acids is 1. The number of anilines is 1. The smallest absolute Gasteiger partial charge is 0.245 e. The van der Waals surface area contributed by atoms with Gasteiger partial charge in [0.15, 0.2) is 0 Å². The predicted molar refractivity (Wildman–Crippen MR) is 86.7 cm³/mol. The predicted octanol–water partition coefficient (Wildman–Crippen LogP) is 1.54. The van der Waals surface area contributed by atoms with Crippen LogP contribution in [0.2, 0.25) is 0 Å². The average molecular weight is 312 g/mol. The van der Waals surface area contributed by atoms with E-state index in [0.29, 0.717) is 13.0 Å². The third-order valence-corrected chi connectivity index (χ3v) is 4.54. The maximum Gasteiger partial charge on any atom is 0.245 e. The molecule has 2 aromatic rings. The summed E-state index contributed by atoms with van der Waals surface area (Å²) in [5, 5.41) is 9.67. The number of amides is 1. The number of carbonyl (C=O) groups is 1. The number of fused-ring (bicyclic) bond motifs is 1. The van der Waals surface area contributed by atoms with Crippen LogP contribution in [0.1, 0.15) is 19.8 Å². The Hall–Kier alpha value is -2.62. The van der Waals surface area contributed by atoms with E-state index in [9.17, 15) is 4.79 Å². The largest absolute Gasteiger partial charge is 0.347 e. The lowest BCUT2D eigenvalue weighted by molar-refractivity contribution is -0.136. The van der Waals surface area contributed by atoms with Crippen LogP contribution in [0.3, 0.4) is 0 Å². The quantitative estimate of drug-likeness (QED) is 0.925. The number of likely N-dealkylation sites (tertiary alicyclic amines) is 1. The number of nitrogens with one attached hydrogen (secondary N) is 1. The molecule has 1 amide bonds. The maximum absolute atomic E-state index is 12.9. The molecule has 2 atom stereocenters. The van der Waals surface area contributed by atoms with Crippen molar-refractivity contribution in [1.29, 1.82) is 5.26 Å². The Labute approximate surface area is 134 Å². The van der Waals surface area contributed by atoms with Crippen molar-refractivity contribution in [2.24, 2.45) is 5.92 Å². The van der Waals surface area contributed by atoms with Crippen LogP contribution < -0.4 is 4.90 Å². The summed E-state index contributed by atoms with van der Waals surface area (Å²) in [5.41, 5.74) is 0.763. The molecule has 0 radical (unpaired) electrons. The van der Waals surface area contributed by atoms with Crippen LogP contribution in [0, 0.1) is 17.2 Å². The van der Waals surface area contributed by atoms with Gasteiger partial charge in [0, 0.05) is 26.3 Å². The third-order valence-electron chi connectivity index (χ3n) is 4.54. The molecule has 0 aliphatic carbocycles. The SMILES string of the molecule is C[C@@H]1CCN(CCC#N)C(=O)[C@@H]1N(C)c1ncnc2[nH]ccc12. The first-order valence-corrected chi connectivity index (χ1v) is 7.80. The number of nitriles is 1. The number of hydrogen-bond donors (Lipinski definition) is 1. The normalized spacial score (nSPS) is 21.4. The standard InChI is InChI=1S/C16H20N6O/c1-11-5-9-22(8-3-6-17)16(23)13(11)21(2)15-12-4-7-18-14(12)19-10-20-15/h4,7,10-11,13H,3,5,8-9H2,1-2H3,(H,18,19,20)/t11-,13-/m1/s1. The minimum absolute atomic E-state index is 0.0730. The molecule has 0 spiro atoms. The second-order valence-corrected chi connectivity index (χ2v) is 5.99. The molecule has 0 aromatic carbocycles. The molecule has 3 rings (SSSR count). The van der Waals surface area contributed by atoms with E-state index in [1.165, 1.54) is 6.33 Å². The Morgan fingerprint density at radius 3 is 3.13 bits per heavy atom. The topological polar surface area (TPSA) is 88.9 Å². The highest BCUT2D eigenvalue weighted by atomic mass is 16.2.